The fourth-order valence-corrected chi connectivity index (χ4v) is 17.5. The molecule has 1 aliphatic carbocycles. The van der Waals surface area contributed by atoms with E-state index in [0.717, 1.165) is 10.4 Å². The molecule has 10 rings (SSSR count). The number of esters is 1. The SMILES string of the molecule is C[C@@H]1O[C@@H](O[C@H]2CC[C@H](O[C@@H]3[C@@H](C)O[C@@H](c4ccc5c(c4O)C(=O)c4ccc(C[C@](C)(CCO[Si](c6ccccc6)(c6ccccc6)C(C)(C)C)O[C@H]6CC[C@H](O[C@H]7C=CC(=O)[C@H](C)O7)[C@H](C)O6)c(O)c4C5=O)C[C@H]3OC(=O)CCl)O[C@H]2C)C=CC1=O. The molecule has 5 aliphatic heterocycles. The van der Waals surface area contributed by atoms with E-state index in [0.29, 0.717) is 37.7 Å². The molecule has 3 saturated heterocycles. The van der Waals surface area contributed by atoms with Gasteiger partial charge in [0.1, 0.15) is 41.8 Å². The van der Waals surface area contributed by atoms with Crippen LogP contribution < -0.4 is 10.4 Å². The van der Waals surface area contributed by atoms with Gasteiger partial charge < -0.3 is 62.0 Å². The van der Waals surface area contributed by atoms with E-state index in [2.05, 4.69) is 45.0 Å². The van der Waals surface area contributed by atoms with Crippen molar-refractivity contribution in [3.63, 3.8) is 0 Å². The molecule has 4 aromatic carbocycles. The van der Waals surface area contributed by atoms with Gasteiger partial charge in [-0.1, -0.05) is 93.6 Å². The smallest absolute Gasteiger partial charge is 0.321 e. The van der Waals surface area contributed by atoms with Gasteiger partial charge in [-0.2, -0.15) is 0 Å². The van der Waals surface area contributed by atoms with Crippen molar-refractivity contribution in [1.82, 2.24) is 0 Å². The number of ketones is 4. The molecule has 0 bridgehead atoms. The van der Waals surface area contributed by atoms with Crippen LogP contribution >= 0.6 is 11.6 Å². The lowest BCUT2D eigenvalue weighted by atomic mass is 9.79. The van der Waals surface area contributed by atoms with Gasteiger partial charge in [-0.3, -0.25) is 24.0 Å². The quantitative estimate of drug-likeness (QED) is 0.0446. The molecule has 5 heterocycles. The minimum atomic E-state index is -3.04. The first kappa shape index (κ1) is 64.2. The second kappa shape index (κ2) is 26.7. The number of halogens is 1. The maximum absolute atomic E-state index is 14.8. The van der Waals surface area contributed by atoms with E-state index in [-0.39, 0.29) is 76.1 Å². The van der Waals surface area contributed by atoms with Gasteiger partial charge in [-0.15, -0.1) is 11.6 Å². The minimum absolute atomic E-state index is 0.0262. The number of hydrogen-bond acceptors (Lipinski definition) is 18. The first-order chi connectivity index (χ1) is 41.5. The van der Waals surface area contributed by atoms with Gasteiger partial charge in [0.05, 0.1) is 53.4 Å². The molecular formula is C67H79ClO18Si. The lowest BCUT2D eigenvalue weighted by molar-refractivity contribution is -0.293. The molecule has 0 spiro atoms. The molecule has 20 heteroatoms. The first-order valence-electron chi connectivity index (χ1n) is 30.1. The maximum Gasteiger partial charge on any atom is 0.321 e. The Bertz CT molecular complexity index is 3200. The van der Waals surface area contributed by atoms with E-state index in [4.69, 9.17) is 63.4 Å². The number of hydrogen-bond donors (Lipinski definition) is 2. The molecule has 0 radical (unpaired) electrons. The second-order valence-electron chi connectivity index (χ2n) is 24.8. The van der Waals surface area contributed by atoms with E-state index in [1.165, 1.54) is 30.4 Å². The van der Waals surface area contributed by atoms with Crippen LogP contribution in [0.2, 0.25) is 5.04 Å². The highest BCUT2D eigenvalue weighted by molar-refractivity contribution is 6.99. The average molecular weight is 1240 g/mol. The Kier molecular flexibility index (Phi) is 19.7. The van der Waals surface area contributed by atoms with E-state index >= 15 is 0 Å². The van der Waals surface area contributed by atoms with Crippen molar-refractivity contribution < 1.29 is 86.0 Å². The fourth-order valence-electron chi connectivity index (χ4n) is 12.9. The predicted molar refractivity (Wildman–Crippen MR) is 322 cm³/mol. The molecule has 0 aromatic heterocycles. The Balaban J connectivity index is 0.880. The standard InChI is InChI=1S/C67H79ClO18Si/c1-37-48(69)24-28-55(78-37)83-50-26-30-57(80-39(50)3)85-65-41(5)77-52(34-53(65)82-54(71)36-68)45-22-23-47-60(62(45)73)64(75)46-21-20-42(61(72)59(46)63(47)74)35-67(9,86-58-31-27-51(40(4)81-58)84-56-29-25-49(70)38(2)79-56)32-33-76-87(66(6,7)8,43-16-12-10-13-17-43)44-18-14-11-15-19-44/h10-25,28-29,37-41,50-53,55-58,65,72-73H,26-27,30-36H2,1-9H3/t37-,38-,39-,40-,41+,50-,51-,52+,53+,55-,56-,57-,58-,65+,67-/m0/s1. The third-order valence-corrected chi connectivity index (χ3v) is 22.8. The molecule has 15 atom stereocenters. The second-order valence-corrected chi connectivity index (χ2v) is 29.3. The van der Waals surface area contributed by atoms with Crippen molar-refractivity contribution in [3.8, 4) is 11.5 Å². The van der Waals surface area contributed by atoms with Gasteiger partial charge in [0.25, 0.3) is 8.32 Å². The largest absolute Gasteiger partial charge is 0.507 e. The number of benzene rings is 4. The topological polar surface area (TPSA) is 227 Å². The summed E-state index contributed by atoms with van der Waals surface area (Å²) in [5.41, 5.74) is -1.30. The van der Waals surface area contributed by atoms with Crippen molar-refractivity contribution in [1.29, 1.82) is 0 Å². The van der Waals surface area contributed by atoms with Gasteiger partial charge in [0, 0.05) is 49.0 Å². The number of fused-ring (bicyclic) bond motifs is 2. The van der Waals surface area contributed by atoms with Crippen molar-refractivity contribution in [2.75, 3.05) is 12.5 Å². The van der Waals surface area contributed by atoms with Gasteiger partial charge in [-0.05, 0) is 118 Å². The molecule has 4 aromatic rings. The normalized spacial score (nSPS) is 30.1. The summed E-state index contributed by atoms with van der Waals surface area (Å²) >= 11 is 5.95. The molecular weight excluding hydrogens is 1160 g/mol. The number of phenols is 2. The number of phenolic OH excluding ortho intramolecular Hbond substituents is 2. The van der Waals surface area contributed by atoms with E-state index < -0.39 is 123 Å². The summed E-state index contributed by atoms with van der Waals surface area (Å²) in [4.78, 5) is 66.5. The van der Waals surface area contributed by atoms with Crippen molar-refractivity contribution in [2.45, 2.75) is 204 Å². The lowest BCUT2D eigenvalue weighted by Gasteiger charge is -2.44. The Morgan fingerprint density at radius 3 is 1.68 bits per heavy atom. The lowest BCUT2D eigenvalue weighted by Crippen LogP contribution is -2.66. The van der Waals surface area contributed by atoms with Crippen molar-refractivity contribution in [2.24, 2.45) is 0 Å². The zero-order chi connectivity index (χ0) is 62.1. The van der Waals surface area contributed by atoms with Crippen LogP contribution in [-0.4, -0.2) is 146 Å². The van der Waals surface area contributed by atoms with Crippen molar-refractivity contribution in [3.05, 3.63) is 143 Å². The maximum atomic E-state index is 14.8. The zero-order valence-electron chi connectivity index (χ0n) is 50.6. The number of ether oxygens (including phenoxy) is 10. The average Bonchev–Trinajstić information content (AvgIpc) is 0.846. The molecule has 2 N–H and O–H groups in total. The number of carbonyl (C=O) groups is 5. The Labute approximate surface area is 513 Å². The van der Waals surface area contributed by atoms with Crippen LogP contribution in [0.25, 0.3) is 0 Å². The number of alkyl halides is 1. The highest BCUT2D eigenvalue weighted by Crippen LogP contribution is 2.46. The van der Waals surface area contributed by atoms with Crippen LogP contribution in [0.1, 0.15) is 150 Å². The summed E-state index contributed by atoms with van der Waals surface area (Å²) in [7, 11) is -3.04. The number of carbonyl (C=O) groups excluding carboxylic acids is 5. The summed E-state index contributed by atoms with van der Waals surface area (Å²) in [5.74, 6) is -3.68. The van der Waals surface area contributed by atoms with Crippen LogP contribution in [-0.2, 0) is 72.6 Å². The molecule has 0 unspecified atom stereocenters. The molecule has 466 valence electrons. The minimum Gasteiger partial charge on any atom is -0.507 e. The van der Waals surface area contributed by atoms with Crippen LogP contribution in [0.4, 0.5) is 0 Å². The zero-order valence-corrected chi connectivity index (χ0v) is 52.4. The van der Waals surface area contributed by atoms with Crippen LogP contribution in [0.3, 0.4) is 0 Å². The predicted octanol–water partition coefficient (Wildman–Crippen LogP) is 9.10. The van der Waals surface area contributed by atoms with Crippen LogP contribution in [0, 0.1) is 0 Å². The molecule has 0 amide bonds. The third-order valence-electron chi connectivity index (χ3n) is 17.5. The van der Waals surface area contributed by atoms with Crippen molar-refractivity contribution >= 4 is 59.4 Å². The summed E-state index contributed by atoms with van der Waals surface area (Å²) in [5, 5.41) is 26.4. The van der Waals surface area contributed by atoms with E-state index in [9.17, 15) is 34.2 Å². The van der Waals surface area contributed by atoms with E-state index in [1.807, 2.05) is 57.2 Å². The summed E-state index contributed by atoms with van der Waals surface area (Å²) in [6.45, 7) is 17.6. The molecule has 87 heavy (non-hydrogen) atoms. The Hall–Kier alpha value is -5.78. The fraction of sp³-hybridized carbons (Fsp3) is 0.507. The van der Waals surface area contributed by atoms with E-state index in [1.54, 1.807) is 39.0 Å². The third kappa shape index (κ3) is 13.7. The van der Waals surface area contributed by atoms with Gasteiger partial charge in [-0.25, -0.2) is 0 Å². The first-order valence-corrected chi connectivity index (χ1v) is 32.6. The highest BCUT2D eigenvalue weighted by Gasteiger charge is 2.51. The molecule has 6 aliphatic rings. The summed E-state index contributed by atoms with van der Waals surface area (Å²) in [6.07, 6.45) is -0.958. The van der Waals surface area contributed by atoms with Gasteiger partial charge in [0.2, 0.25) is 0 Å². The number of aromatic hydroxyl groups is 2. The molecule has 3 fully saturated rings. The van der Waals surface area contributed by atoms with Gasteiger partial charge >= 0.3 is 5.97 Å². The Morgan fingerprint density at radius 1 is 0.621 bits per heavy atom. The monoisotopic (exact) mass is 1230 g/mol. The highest BCUT2D eigenvalue weighted by atomic mass is 35.5. The van der Waals surface area contributed by atoms with Gasteiger partial charge in [0.15, 0.2) is 48.3 Å². The summed E-state index contributed by atoms with van der Waals surface area (Å²) in [6, 6.07) is 26.6. The molecule has 0 saturated carbocycles. The van der Waals surface area contributed by atoms with Crippen LogP contribution in [0.15, 0.2) is 109 Å². The molecule has 18 nitrogen and oxygen atoms in total. The number of rotatable bonds is 19. The van der Waals surface area contributed by atoms with Crippen LogP contribution in [0.5, 0.6) is 11.5 Å². The Morgan fingerprint density at radius 2 is 1.15 bits per heavy atom. The summed E-state index contributed by atoms with van der Waals surface area (Å²) < 4.78 is 70.0.